The lowest BCUT2D eigenvalue weighted by atomic mass is 10.0. The minimum absolute atomic E-state index is 0.00582. The molecule has 152 valence electrons. The van der Waals surface area contributed by atoms with Crippen molar-refractivity contribution in [1.29, 1.82) is 0 Å². The van der Waals surface area contributed by atoms with Crippen molar-refractivity contribution in [2.24, 2.45) is 0 Å². The zero-order chi connectivity index (χ0) is 20.4. The van der Waals surface area contributed by atoms with Crippen molar-refractivity contribution < 1.29 is 4.79 Å². The van der Waals surface area contributed by atoms with E-state index in [1.165, 1.54) is 23.7 Å². The predicted molar refractivity (Wildman–Crippen MR) is 121 cm³/mol. The number of aromatic nitrogens is 2. The Kier molecular flexibility index (Phi) is 6.15. The molecule has 4 rings (SSSR count). The molecule has 0 saturated carbocycles. The van der Waals surface area contributed by atoms with Gasteiger partial charge in [-0.3, -0.25) is 14.2 Å². The maximum Gasteiger partial charge on any atom is 0.263 e. The summed E-state index contributed by atoms with van der Waals surface area (Å²) in [6.07, 6.45) is 6.78. The molecule has 3 heterocycles. The Bertz CT molecular complexity index is 1080. The van der Waals surface area contributed by atoms with Gasteiger partial charge in [-0.1, -0.05) is 47.8 Å². The van der Waals surface area contributed by atoms with Crippen LogP contribution in [0.5, 0.6) is 0 Å². The molecule has 0 N–H and O–H groups in total. The fraction of sp³-hybridized carbons (Fsp3) is 0.409. The lowest BCUT2D eigenvalue weighted by molar-refractivity contribution is -0.131. The molecule has 29 heavy (non-hydrogen) atoms. The molecule has 7 heteroatoms. The molecular weight excluding hydrogens is 450 g/mol. The highest BCUT2D eigenvalue weighted by molar-refractivity contribution is 9.10. The summed E-state index contributed by atoms with van der Waals surface area (Å²) >= 11 is 5.04. The van der Waals surface area contributed by atoms with Gasteiger partial charge in [-0.15, -0.1) is 11.3 Å². The van der Waals surface area contributed by atoms with Crippen molar-refractivity contribution in [1.82, 2.24) is 14.5 Å². The average Bonchev–Trinajstić information content (AvgIpc) is 2.90. The van der Waals surface area contributed by atoms with E-state index < -0.39 is 0 Å². The smallest absolute Gasteiger partial charge is 0.263 e. The number of thiophene rings is 1. The van der Waals surface area contributed by atoms with Crippen molar-refractivity contribution in [3.63, 3.8) is 0 Å². The molecule has 0 unspecified atom stereocenters. The summed E-state index contributed by atoms with van der Waals surface area (Å²) in [5, 5.41) is 0.625. The molecule has 2 aromatic heterocycles. The van der Waals surface area contributed by atoms with E-state index >= 15 is 0 Å². The van der Waals surface area contributed by atoms with Crippen molar-refractivity contribution >= 4 is 43.4 Å². The molecule has 3 aromatic rings. The number of likely N-dealkylation sites (tertiary alicyclic amines) is 1. The molecule has 0 spiro atoms. The van der Waals surface area contributed by atoms with Gasteiger partial charge in [0.25, 0.3) is 5.56 Å². The Morgan fingerprint density at radius 1 is 1.14 bits per heavy atom. The number of fused-ring (bicyclic) bond motifs is 1. The van der Waals surface area contributed by atoms with Crippen LogP contribution in [0.3, 0.4) is 0 Å². The number of aryl methyl sites for hydroxylation is 1. The second-order valence-electron chi connectivity index (χ2n) is 7.41. The summed E-state index contributed by atoms with van der Waals surface area (Å²) in [6, 6.07) is 8.00. The molecule has 0 atom stereocenters. The van der Waals surface area contributed by atoms with Gasteiger partial charge in [-0.2, -0.15) is 0 Å². The van der Waals surface area contributed by atoms with E-state index in [2.05, 4.69) is 27.8 Å². The molecule has 1 saturated heterocycles. The molecule has 1 amide bonds. The van der Waals surface area contributed by atoms with E-state index in [-0.39, 0.29) is 18.0 Å². The fourth-order valence-electron chi connectivity index (χ4n) is 3.92. The van der Waals surface area contributed by atoms with Crippen LogP contribution in [0.4, 0.5) is 0 Å². The Morgan fingerprint density at radius 3 is 2.48 bits per heavy atom. The van der Waals surface area contributed by atoms with Crippen LogP contribution in [0.15, 0.2) is 39.9 Å². The van der Waals surface area contributed by atoms with Crippen LogP contribution >= 0.6 is 27.3 Å². The summed E-state index contributed by atoms with van der Waals surface area (Å²) in [4.78, 5) is 34.5. The molecule has 0 bridgehead atoms. The lowest BCUT2D eigenvalue weighted by Crippen LogP contribution is -2.37. The monoisotopic (exact) mass is 473 g/mol. The quantitative estimate of drug-likeness (QED) is 0.543. The molecule has 0 aliphatic carbocycles. The predicted octanol–water partition coefficient (Wildman–Crippen LogP) is 4.85. The minimum atomic E-state index is -0.132. The number of nitrogens with zero attached hydrogens (tertiary/aromatic N) is 3. The normalized spacial score (nSPS) is 14.9. The molecule has 5 nitrogen and oxygen atoms in total. The summed E-state index contributed by atoms with van der Waals surface area (Å²) in [5.74, 6) is 0.00582. The van der Waals surface area contributed by atoms with Crippen molar-refractivity contribution in [2.45, 2.75) is 45.6 Å². The van der Waals surface area contributed by atoms with Crippen LogP contribution in [0, 0.1) is 0 Å². The number of amides is 1. The average molecular weight is 474 g/mol. The topological polar surface area (TPSA) is 55.2 Å². The van der Waals surface area contributed by atoms with Crippen LogP contribution in [-0.4, -0.2) is 33.4 Å². The maximum atomic E-state index is 13.4. The van der Waals surface area contributed by atoms with E-state index in [1.807, 2.05) is 29.2 Å². The zero-order valence-electron chi connectivity index (χ0n) is 16.5. The largest absolute Gasteiger partial charge is 0.341 e. The molecule has 1 fully saturated rings. The van der Waals surface area contributed by atoms with Crippen molar-refractivity contribution in [3.05, 3.63) is 50.3 Å². The van der Waals surface area contributed by atoms with Crippen molar-refractivity contribution in [3.8, 4) is 11.1 Å². The van der Waals surface area contributed by atoms with E-state index in [0.29, 0.717) is 5.39 Å². The van der Waals surface area contributed by atoms with Gasteiger partial charge in [0, 0.05) is 28.0 Å². The van der Waals surface area contributed by atoms with Gasteiger partial charge in [0.15, 0.2) is 0 Å². The first-order valence-corrected chi connectivity index (χ1v) is 11.7. The number of carbonyl (C=O) groups excluding carboxylic acids is 1. The van der Waals surface area contributed by atoms with E-state index in [9.17, 15) is 9.59 Å². The van der Waals surface area contributed by atoms with E-state index in [0.717, 1.165) is 57.7 Å². The second kappa shape index (κ2) is 8.79. The zero-order valence-corrected chi connectivity index (χ0v) is 18.9. The number of hydrogen-bond acceptors (Lipinski definition) is 4. The molecular formula is C22H24BrN3O2S. The Morgan fingerprint density at radius 2 is 1.83 bits per heavy atom. The summed E-state index contributed by atoms with van der Waals surface area (Å²) in [7, 11) is 0. The molecule has 0 radical (unpaired) electrons. The second-order valence-corrected chi connectivity index (χ2v) is 9.41. The van der Waals surface area contributed by atoms with Crippen LogP contribution in [0.25, 0.3) is 21.3 Å². The third-order valence-electron chi connectivity index (χ3n) is 5.47. The highest BCUT2D eigenvalue weighted by Gasteiger charge is 2.21. The molecule has 1 aromatic carbocycles. The summed E-state index contributed by atoms with van der Waals surface area (Å²) in [6.45, 7) is 3.71. The number of benzene rings is 1. The minimum Gasteiger partial charge on any atom is -0.341 e. The van der Waals surface area contributed by atoms with Gasteiger partial charge in [-0.05, 0) is 37.0 Å². The first-order valence-electron chi connectivity index (χ1n) is 10.1. The highest BCUT2D eigenvalue weighted by Crippen LogP contribution is 2.36. The van der Waals surface area contributed by atoms with E-state index in [1.54, 1.807) is 11.3 Å². The third kappa shape index (κ3) is 4.16. The Labute approximate surface area is 182 Å². The van der Waals surface area contributed by atoms with Gasteiger partial charge < -0.3 is 4.90 Å². The van der Waals surface area contributed by atoms with Crippen molar-refractivity contribution in [2.75, 3.05) is 13.1 Å². The van der Waals surface area contributed by atoms with Gasteiger partial charge in [0.05, 0.1) is 11.7 Å². The highest BCUT2D eigenvalue weighted by atomic mass is 79.9. The van der Waals surface area contributed by atoms with Gasteiger partial charge in [0.1, 0.15) is 11.4 Å². The lowest BCUT2D eigenvalue weighted by Gasteiger charge is -2.20. The first kappa shape index (κ1) is 20.3. The van der Waals surface area contributed by atoms with Crippen LogP contribution in [0.1, 0.15) is 37.5 Å². The van der Waals surface area contributed by atoms with Gasteiger partial charge in [-0.25, -0.2) is 4.98 Å². The Balaban J connectivity index is 1.74. The third-order valence-corrected chi connectivity index (χ3v) is 7.24. The molecule has 1 aliphatic heterocycles. The first-order chi connectivity index (χ1) is 14.1. The van der Waals surface area contributed by atoms with Gasteiger partial charge >= 0.3 is 0 Å². The summed E-state index contributed by atoms with van der Waals surface area (Å²) in [5.41, 5.74) is 1.83. The van der Waals surface area contributed by atoms with Crippen LogP contribution in [-0.2, 0) is 17.8 Å². The maximum absolute atomic E-state index is 13.4. The standard InChI is InChI=1S/C22H24BrN3O2S/c1-2-17-19(15-7-9-16(23)10-8-15)20-21(29-17)24-14-26(22(20)28)13-18(27)25-11-5-3-4-6-12-25/h7-10,14H,2-6,11-13H2,1H3. The van der Waals surface area contributed by atoms with Gasteiger partial charge in [0.2, 0.25) is 5.91 Å². The number of hydrogen-bond donors (Lipinski definition) is 0. The fourth-order valence-corrected chi connectivity index (χ4v) is 5.28. The SMILES string of the molecule is CCc1sc2ncn(CC(=O)N3CCCCCC3)c(=O)c2c1-c1ccc(Br)cc1. The Hall–Kier alpha value is -1.99. The van der Waals surface area contributed by atoms with Crippen LogP contribution in [0.2, 0.25) is 0 Å². The summed E-state index contributed by atoms with van der Waals surface area (Å²) < 4.78 is 2.47. The number of carbonyl (C=O) groups is 1. The number of halogens is 1. The molecule has 1 aliphatic rings. The number of rotatable bonds is 4. The van der Waals surface area contributed by atoms with Crippen LogP contribution < -0.4 is 5.56 Å². The van der Waals surface area contributed by atoms with E-state index in [4.69, 9.17) is 0 Å².